The molecule has 0 fully saturated rings. The molecule has 0 aliphatic rings. The fourth-order valence-corrected chi connectivity index (χ4v) is 1.69. The van der Waals surface area contributed by atoms with Crippen molar-refractivity contribution in [2.45, 2.75) is 32.4 Å². The molecule has 0 saturated heterocycles. The minimum absolute atomic E-state index is 0.0258. The molecule has 0 aliphatic heterocycles. The van der Waals surface area contributed by atoms with Gasteiger partial charge in [-0.25, -0.2) is 0 Å². The topological polar surface area (TPSA) is 72.7 Å². The van der Waals surface area contributed by atoms with Crippen molar-refractivity contribution in [2.24, 2.45) is 0 Å². The number of phenols is 2. The molecule has 2 atom stereocenters. The molecule has 16 heavy (non-hydrogen) atoms. The molecule has 0 radical (unpaired) electrons. The van der Waals surface area contributed by atoms with Crippen LogP contribution in [0.1, 0.15) is 31.9 Å². The van der Waals surface area contributed by atoms with Gasteiger partial charge in [0.2, 0.25) is 0 Å². The molecule has 0 spiro atoms. The molecular formula is C12H19NO3. The summed E-state index contributed by atoms with van der Waals surface area (Å²) in [6, 6.07) is 4.71. The predicted octanol–water partition coefficient (Wildman–Crippen LogP) is 1.52. The molecule has 4 nitrogen and oxygen atoms in total. The number of aliphatic hydroxyl groups is 1. The van der Waals surface area contributed by atoms with E-state index in [1.807, 2.05) is 13.8 Å². The van der Waals surface area contributed by atoms with Gasteiger partial charge in [0.15, 0.2) is 0 Å². The first-order valence-corrected chi connectivity index (χ1v) is 5.43. The normalized spacial score (nSPS) is 14.7. The number of benzene rings is 1. The average molecular weight is 225 g/mol. The highest BCUT2D eigenvalue weighted by Crippen LogP contribution is 2.27. The summed E-state index contributed by atoms with van der Waals surface area (Å²) in [6.07, 6.45) is 0.670. The van der Waals surface area contributed by atoms with Gasteiger partial charge in [0.1, 0.15) is 11.5 Å². The third-order valence-corrected chi connectivity index (χ3v) is 2.58. The van der Waals surface area contributed by atoms with Crippen LogP contribution in [0.2, 0.25) is 0 Å². The average Bonchev–Trinajstić information content (AvgIpc) is 2.17. The van der Waals surface area contributed by atoms with Gasteiger partial charge >= 0.3 is 0 Å². The Morgan fingerprint density at radius 1 is 1.25 bits per heavy atom. The zero-order valence-corrected chi connectivity index (χ0v) is 9.64. The zero-order chi connectivity index (χ0) is 12.1. The van der Waals surface area contributed by atoms with Crippen LogP contribution in [0, 0.1) is 0 Å². The SMILES string of the molecule is CC(CCO)NC(C)c1ccc(O)cc1O. The Hall–Kier alpha value is -1.26. The van der Waals surface area contributed by atoms with E-state index in [9.17, 15) is 10.2 Å². The highest BCUT2D eigenvalue weighted by molar-refractivity contribution is 5.40. The van der Waals surface area contributed by atoms with Crippen molar-refractivity contribution < 1.29 is 15.3 Å². The van der Waals surface area contributed by atoms with Gasteiger partial charge in [-0.3, -0.25) is 0 Å². The molecular weight excluding hydrogens is 206 g/mol. The molecule has 0 heterocycles. The lowest BCUT2D eigenvalue weighted by molar-refractivity contribution is 0.264. The Bertz CT molecular complexity index is 341. The lowest BCUT2D eigenvalue weighted by atomic mass is 10.1. The van der Waals surface area contributed by atoms with Crippen molar-refractivity contribution in [3.8, 4) is 11.5 Å². The predicted molar refractivity (Wildman–Crippen MR) is 62.5 cm³/mol. The van der Waals surface area contributed by atoms with Gasteiger partial charge in [0, 0.05) is 30.3 Å². The second-order valence-electron chi connectivity index (χ2n) is 4.04. The van der Waals surface area contributed by atoms with E-state index in [0.29, 0.717) is 6.42 Å². The van der Waals surface area contributed by atoms with E-state index in [1.54, 1.807) is 12.1 Å². The first kappa shape index (κ1) is 12.8. The monoisotopic (exact) mass is 225 g/mol. The number of aromatic hydroxyl groups is 2. The summed E-state index contributed by atoms with van der Waals surface area (Å²) in [4.78, 5) is 0. The van der Waals surface area contributed by atoms with Crippen LogP contribution in [0.25, 0.3) is 0 Å². The van der Waals surface area contributed by atoms with Crippen molar-refractivity contribution in [1.82, 2.24) is 5.32 Å². The standard InChI is InChI=1S/C12H19NO3/c1-8(5-6-14)13-9(2)11-4-3-10(15)7-12(11)16/h3-4,7-9,13-16H,5-6H2,1-2H3. The van der Waals surface area contributed by atoms with E-state index in [-0.39, 0.29) is 30.2 Å². The molecule has 0 aromatic heterocycles. The molecule has 0 aliphatic carbocycles. The molecule has 4 N–H and O–H groups in total. The highest BCUT2D eigenvalue weighted by Gasteiger charge is 2.12. The summed E-state index contributed by atoms with van der Waals surface area (Å²) in [7, 11) is 0. The Balaban J connectivity index is 2.69. The summed E-state index contributed by atoms with van der Waals surface area (Å²) in [5.41, 5.74) is 0.739. The second kappa shape index (κ2) is 5.72. The third-order valence-electron chi connectivity index (χ3n) is 2.58. The van der Waals surface area contributed by atoms with Crippen LogP contribution in [0.15, 0.2) is 18.2 Å². The van der Waals surface area contributed by atoms with Crippen molar-refractivity contribution >= 4 is 0 Å². The molecule has 2 unspecified atom stereocenters. The lowest BCUT2D eigenvalue weighted by Crippen LogP contribution is -2.29. The van der Waals surface area contributed by atoms with Crippen LogP contribution in [0.3, 0.4) is 0 Å². The first-order chi connectivity index (χ1) is 7.54. The highest BCUT2D eigenvalue weighted by atomic mass is 16.3. The molecule has 0 bridgehead atoms. The Morgan fingerprint density at radius 3 is 2.50 bits per heavy atom. The van der Waals surface area contributed by atoms with Gasteiger partial charge in [0.25, 0.3) is 0 Å². The summed E-state index contributed by atoms with van der Waals surface area (Å²) >= 11 is 0. The summed E-state index contributed by atoms with van der Waals surface area (Å²) < 4.78 is 0. The van der Waals surface area contributed by atoms with E-state index in [2.05, 4.69) is 5.32 Å². The zero-order valence-electron chi connectivity index (χ0n) is 9.64. The van der Waals surface area contributed by atoms with Crippen LogP contribution in [-0.2, 0) is 0 Å². The van der Waals surface area contributed by atoms with Crippen molar-refractivity contribution in [2.75, 3.05) is 6.61 Å². The fourth-order valence-electron chi connectivity index (χ4n) is 1.69. The van der Waals surface area contributed by atoms with Crippen molar-refractivity contribution in [3.63, 3.8) is 0 Å². The van der Waals surface area contributed by atoms with Gasteiger partial charge in [0.05, 0.1) is 0 Å². The Morgan fingerprint density at radius 2 is 1.94 bits per heavy atom. The van der Waals surface area contributed by atoms with Gasteiger partial charge in [-0.1, -0.05) is 6.07 Å². The molecule has 0 saturated carbocycles. The molecule has 4 heteroatoms. The smallest absolute Gasteiger partial charge is 0.124 e. The van der Waals surface area contributed by atoms with E-state index < -0.39 is 0 Å². The minimum Gasteiger partial charge on any atom is -0.508 e. The van der Waals surface area contributed by atoms with Crippen LogP contribution < -0.4 is 5.32 Å². The van der Waals surface area contributed by atoms with Crippen molar-refractivity contribution in [3.05, 3.63) is 23.8 Å². The second-order valence-corrected chi connectivity index (χ2v) is 4.04. The maximum atomic E-state index is 9.66. The number of hydrogen-bond acceptors (Lipinski definition) is 4. The minimum atomic E-state index is -0.0258. The molecule has 1 rings (SSSR count). The molecule has 90 valence electrons. The fraction of sp³-hybridized carbons (Fsp3) is 0.500. The lowest BCUT2D eigenvalue weighted by Gasteiger charge is -2.20. The van der Waals surface area contributed by atoms with Crippen LogP contribution in [0.5, 0.6) is 11.5 Å². The van der Waals surface area contributed by atoms with Gasteiger partial charge in [-0.15, -0.1) is 0 Å². The summed E-state index contributed by atoms with van der Waals surface area (Å²) in [5.74, 6) is 0.132. The van der Waals surface area contributed by atoms with E-state index >= 15 is 0 Å². The number of hydrogen-bond donors (Lipinski definition) is 4. The number of aliphatic hydroxyl groups excluding tert-OH is 1. The van der Waals surface area contributed by atoms with E-state index in [4.69, 9.17) is 5.11 Å². The van der Waals surface area contributed by atoms with Gasteiger partial charge in [-0.05, 0) is 26.3 Å². The quantitative estimate of drug-likeness (QED) is 0.613. The van der Waals surface area contributed by atoms with Crippen LogP contribution >= 0.6 is 0 Å². The van der Waals surface area contributed by atoms with Gasteiger partial charge < -0.3 is 20.6 Å². The number of rotatable bonds is 5. The number of phenolic OH excluding ortho intramolecular Hbond substituents is 2. The van der Waals surface area contributed by atoms with Crippen molar-refractivity contribution in [1.29, 1.82) is 0 Å². The Kier molecular flexibility index (Phi) is 4.58. The third kappa shape index (κ3) is 3.40. The maximum absolute atomic E-state index is 9.66. The summed E-state index contributed by atoms with van der Waals surface area (Å²) in [6.45, 7) is 4.05. The van der Waals surface area contributed by atoms with E-state index in [1.165, 1.54) is 6.07 Å². The summed E-state index contributed by atoms with van der Waals surface area (Å²) in [5, 5.41) is 30.9. The van der Waals surface area contributed by atoms with Gasteiger partial charge in [-0.2, -0.15) is 0 Å². The van der Waals surface area contributed by atoms with Crippen LogP contribution in [0.4, 0.5) is 0 Å². The maximum Gasteiger partial charge on any atom is 0.124 e. The first-order valence-electron chi connectivity index (χ1n) is 5.43. The van der Waals surface area contributed by atoms with Crippen LogP contribution in [-0.4, -0.2) is 28.0 Å². The molecule has 1 aromatic carbocycles. The number of nitrogens with one attached hydrogen (secondary N) is 1. The molecule has 1 aromatic rings. The van der Waals surface area contributed by atoms with E-state index in [0.717, 1.165) is 5.56 Å². The molecule has 0 amide bonds. The Labute approximate surface area is 95.6 Å². The largest absolute Gasteiger partial charge is 0.508 e.